The lowest BCUT2D eigenvalue weighted by molar-refractivity contribution is -0.115. The Hall–Kier alpha value is -1.62. The van der Waals surface area contributed by atoms with Gasteiger partial charge in [0, 0.05) is 6.21 Å². The summed E-state index contributed by atoms with van der Waals surface area (Å²) in [5.41, 5.74) is 3.07. The second-order valence-corrected chi connectivity index (χ2v) is 6.09. The molecule has 1 saturated heterocycles. The predicted molar refractivity (Wildman–Crippen MR) is 86.6 cm³/mol. The number of amides is 1. The molecular weight excluding hydrogens is 270 g/mol. The maximum atomic E-state index is 12.2. The van der Waals surface area contributed by atoms with Crippen LogP contribution in [-0.2, 0) is 4.79 Å². The van der Waals surface area contributed by atoms with Gasteiger partial charge in [-0.2, -0.15) is 5.10 Å². The molecule has 0 atom stereocenters. The number of carbonyl (C=O) groups excluding carboxylic acids is 1. The van der Waals surface area contributed by atoms with E-state index >= 15 is 0 Å². The van der Waals surface area contributed by atoms with Crippen molar-refractivity contribution in [1.29, 1.82) is 0 Å². The highest BCUT2D eigenvalue weighted by Gasteiger charge is 2.31. The summed E-state index contributed by atoms with van der Waals surface area (Å²) in [5.74, 6) is 0.824. The van der Waals surface area contributed by atoms with Gasteiger partial charge in [-0.15, -0.1) is 5.10 Å². The third-order valence-corrected chi connectivity index (χ3v) is 3.85. The van der Waals surface area contributed by atoms with E-state index < -0.39 is 0 Å². The van der Waals surface area contributed by atoms with Gasteiger partial charge < -0.3 is 0 Å². The summed E-state index contributed by atoms with van der Waals surface area (Å²) in [5, 5.41) is 8.94. The number of hydrogen-bond acceptors (Lipinski definition) is 4. The molecular formula is C15H19N3OS. The van der Waals surface area contributed by atoms with E-state index in [1.165, 1.54) is 11.8 Å². The van der Waals surface area contributed by atoms with Crippen LogP contribution in [0.15, 0.2) is 28.4 Å². The van der Waals surface area contributed by atoms with E-state index in [0.29, 0.717) is 16.8 Å². The lowest BCUT2D eigenvalue weighted by Crippen LogP contribution is -2.30. The Kier molecular flexibility index (Phi) is 4.60. The molecule has 1 heterocycles. The number of hydrogen-bond donors (Lipinski definition) is 0. The number of thioether (sulfide) groups is 1. The third kappa shape index (κ3) is 3.10. The zero-order valence-electron chi connectivity index (χ0n) is 12.3. The highest BCUT2D eigenvalue weighted by Crippen LogP contribution is 2.32. The fourth-order valence-corrected chi connectivity index (χ4v) is 2.84. The summed E-state index contributed by atoms with van der Waals surface area (Å²) in [6.45, 7) is 8.10. The molecule has 0 N–H and O–H groups in total. The minimum absolute atomic E-state index is 0.0610. The van der Waals surface area contributed by atoms with Crippen molar-refractivity contribution < 1.29 is 4.79 Å². The van der Waals surface area contributed by atoms with Crippen LogP contribution in [0.4, 0.5) is 5.69 Å². The van der Waals surface area contributed by atoms with E-state index in [1.54, 1.807) is 11.1 Å². The van der Waals surface area contributed by atoms with Gasteiger partial charge >= 0.3 is 0 Å². The number of rotatable bonds is 3. The van der Waals surface area contributed by atoms with Crippen molar-refractivity contribution >= 4 is 34.7 Å². The Morgan fingerprint density at radius 2 is 1.95 bits per heavy atom. The first-order chi connectivity index (χ1) is 9.50. The number of carbonyl (C=O) groups is 1. The van der Waals surface area contributed by atoms with Crippen LogP contribution in [0.3, 0.4) is 0 Å². The number of para-hydroxylation sites is 1. The molecule has 0 radical (unpaired) electrons. The van der Waals surface area contributed by atoms with Crippen molar-refractivity contribution in [3.63, 3.8) is 0 Å². The normalized spacial score (nSPS) is 17.9. The minimum atomic E-state index is 0.0610. The summed E-state index contributed by atoms with van der Waals surface area (Å²) in [4.78, 5) is 13.8. The van der Waals surface area contributed by atoms with E-state index in [9.17, 15) is 4.79 Å². The molecule has 0 unspecified atom stereocenters. The molecule has 0 bridgehead atoms. The van der Waals surface area contributed by atoms with Crippen molar-refractivity contribution in [3.8, 4) is 0 Å². The zero-order valence-corrected chi connectivity index (χ0v) is 13.1. The molecule has 2 rings (SSSR count). The molecule has 0 aromatic heterocycles. The van der Waals surface area contributed by atoms with E-state index in [-0.39, 0.29) is 5.91 Å². The number of nitrogens with zero attached hydrogens (tertiary/aromatic N) is 3. The summed E-state index contributed by atoms with van der Waals surface area (Å²) in [7, 11) is 0. The number of aryl methyl sites for hydroxylation is 2. The van der Waals surface area contributed by atoms with E-state index in [4.69, 9.17) is 0 Å². The topological polar surface area (TPSA) is 45.0 Å². The van der Waals surface area contributed by atoms with E-state index in [2.05, 4.69) is 10.2 Å². The van der Waals surface area contributed by atoms with Gasteiger partial charge in [0.05, 0.1) is 11.4 Å². The van der Waals surface area contributed by atoms with Gasteiger partial charge in [0.1, 0.15) is 0 Å². The molecule has 5 heteroatoms. The molecule has 4 nitrogen and oxygen atoms in total. The highest BCUT2D eigenvalue weighted by molar-refractivity contribution is 8.15. The summed E-state index contributed by atoms with van der Waals surface area (Å²) >= 11 is 1.44. The van der Waals surface area contributed by atoms with Crippen LogP contribution >= 0.6 is 11.8 Å². The predicted octanol–water partition coefficient (Wildman–Crippen LogP) is 3.38. The summed E-state index contributed by atoms with van der Waals surface area (Å²) < 4.78 is 0. The minimum Gasteiger partial charge on any atom is -0.273 e. The van der Waals surface area contributed by atoms with Gasteiger partial charge in [0.25, 0.3) is 0 Å². The highest BCUT2D eigenvalue weighted by atomic mass is 32.2. The quantitative estimate of drug-likeness (QED) is 0.632. The van der Waals surface area contributed by atoms with Gasteiger partial charge in [0.15, 0.2) is 5.17 Å². The first kappa shape index (κ1) is 14.8. The largest absolute Gasteiger partial charge is 0.273 e. The molecule has 106 valence electrons. The Labute approximate surface area is 124 Å². The Morgan fingerprint density at radius 1 is 1.30 bits per heavy atom. The number of benzene rings is 1. The fraction of sp³-hybridized carbons (Fsp3) is 0.400. The van der Waals surface area contributed by atoms with Gasteiger partial charge in [-0.1, -0.05) is 43.8 Å². The van der Waals surface area contributed by atoms with E-state index in [1.807, 2.05) is 45.9 Å². The molecule has 1 aromatic rings. The van der Waals surface area contributed by atoms with Gasteiger partial charge in [-0.05, 0) is 30.9 Å². The second kappa shape index (κ2) is 6.22. The average Bonchev–Trinajstić information content (AvgIpc) is 2.71. The van der Waals surface area contributed by atoms with Crippen molar-refractivity contribution in [2.45, 2.75) is 27.7 Å². The van der Waals surface area contributed by atoms with Crippen LogP contribution in [0.1, 0.15) is 25.0 Å². The van der Waals surface area contributed by atoms with Crippen LogP contribution in [0.5, 0.6) is 0 Å². The van der Waals surface area contributed by atoms with Crippen molar-refractivity contribution in [3.05, 3.63) is 29.3 Å². The molecule has 20 heavy (non-hydrogen) atoms. The summed E-state index contributed by atoms with van der Waals surface area (Å²) in [6.07, 6.45) is 1.78. The third-order valence-electron chi connectivity index (χ3n) is 2.94. The van der Waals surface area contributed by atoms with Crippen molar-refractivity contribution in [2.24, 2.45) is 16.1 Å². The standard InChI is InChI=1S/C15H19N3OS/c1-10(2)8-16-17-15-18(13(19)9-20-15)14-11(3)6-5-7-12(14)4/h5-8,10H,9H2,1-4H3/b16-8+,17-15-. The van der Waals surface area contributed by atoms with Gasteiger partial charge in [-0.25, -0.2) is 0 Å². The van der Waals surface area contributed by atoms with Crippen LogP contribution in [0.2, 0.25) is 0 Å². The maximum absolute atomic E-state index is 12.2. The zero-order chi connectivity index (χ0) is 14.7. The molecule has 1 fully saturated rings. The molecule has 0 saturated carbocycles. The first-order valence-corrected chi connectivity index (χ1v) is 7.62. The average molecular weight is 289 g/mol. The number of amidine groups is 1. The maximum Gasteiger partial charge on any atom is 0.243 e. The smallest absolute Gasteiger partial charge is 0.243 e. The monoisotopic (exact) mass is 289 g/mol. The van der Waals surface area contributed by atoms with E-state index in [0.717, 1.165) is 16.8 Å². The number of anilines is 1. The first-order valence-electron chi connectivity index (χ1n) is 6.64. The molecule has 0 spiro atoms. The van der Waals surface area contributed by atoms with Gasteiger partial charge in [0.2, 0.25) is 5.91 Å². The lowest BCUT2D eigenvalue weighted by Gasteiger charge is -2.20. The Morgan fingerprint density at radius 3 is 2.55 bits per heavy atom. The molecule has 1 aliphatic heterocycles. The van der Waals surface area contributed by atoms with Crippen molar-refractivity contribution in [2.75, 3.05) is 10.7 Å². The van der Waals surface area contributed by atoms with Crippen molar-refractivity contribution in [1.82, 2.24) is 0 Å². The Bertz CT molecular complexity index is 558. The van der Waals surface area contributed by atoms with Crippen LogP contribution in [0.25, 0.3) is 0 Å². The Balaban J connectivity index is 2.39. The second-order valence-electron chi connectivity index (χ2n) is 5.15. The van der Waals surface area contributed by atoms with Crippen LogP contribution in [0, 0.1) is 19.8 Å². The molecule has 1 aromatic carbocycles. The fourth-order valence-electron chi connectivity index (χ4n) is 2.03. The molecule has 0 aliphatic carbocycles. The molecule has 1 amide bonds. The summed E-state index contributed by atoms with van der Waals surface area (Å²) in [6, 6.07) is 6.01. The van der Waals surface area contributed by atoms with Crippen LogP contribution < -0.4 is 4.90 Å². The van der Waals surface area contributed by atoms with Gasteiger partial charge in [-0.3, -0.25) is 9.69 Å². The SMILES string of the molecule is Cc1cccc(C)c1N1C(=O)CS/C1=N\N=C\C(C)C. The lowest BCUT2D eigenvalue weighted by atomic mass is 10.1. The van der Waals surface area contributed by atoms with Crippen LogP contribution in [-0.4, -0.2) is 23.0 Å². The molecule has 1 aliphatic rings.